The first-order valence-corrected chi connectivity index (χ1v) is 8.65. The molecule has 0 aliphatic carbocycles. The second-order valence-electron chi connectivity index (χ2n) is 6.00. The van der Waals surface area contributed by atoms with Gasteiger partial charge in [-0.15, -0.1) is 0 Å². The normalized spacial score (nSPS) is 11.9. The number of rotatable bonds is 6. The van der Waals surface area contributed by atoms with Crippen molar-refractivity contribution in [2.45, 2.75) is 25.4 Å². The van der Waals surface area contributed by atoms with Gasteiger partial charge in [0.2, 0.25) is 0 Å². The number of ether oxygens (including phenoxy) is 1. The lowest BCUT2D eigenvalue weighted by Crippen LogP contribution is -2.20. The predicted molar refractivity (Wildman–Crippen MR) is 100 cm³/mol. The zero-order valence-corrected chi connectivity index (χ0v) is 14.3. The van der Waals surface area contributed by atoms with E-state index in [1.54, 1.807) is 0 Å². The molecule has 25 heavy (non-hydrogen) atoms. The summed E-state index contributed by atoms with van der Waals surface area (Å²) in [5, 5.41) is 0. The van der Waals surface area contributed by atoms with E-state index in [9.17, 15) is 4.79 Å². The van der Waals surface area contributed by atoms with Crippen LogP contribution in [0.3, 0.4) is 0 Å². The summed E-state index contributed by atoms with van der Waals surface area (Å²) in [6.07, 6.45) is 0.509. The Morgan fingerprint density at radius 3 is 1.52 bits per heavy atom. The van der Waals surface area contributed by atoms with Crippen LogP contribution in [0.4, 0.5) is 0 Å². The number of hydrogen-bond donors (Lipinski definition) is 0. The van der Waals surface area contributed by atoms with Gasteiger partial charge in [0.1, 0.15) is 12.0 Å². The molecule has 0 aliphatic rings. The van der Waals surface area contributed by atoms with Crippen molar-refractivity contribution in [2.24, 2.45) is 0 Å². The van der Waals surface area contributed by atoms with Gasteiger partial charge in [-0.25, -0.2) is 0 Å². The average Bonchev–Trinajstić information content (AvgIpc) is 2.69. The third-order valence-electron chi connectivity index (χ3n) is 4.30. The summed E-state index contributed by atoms with van der Waals surface area (Å²) in [5.41, 5.74) is 2.92. The molecule has 126 valence electrons. The second kappa shape index (κ2) is 8.29. The number of esters is 1. The first-order chi connectivity index (χ1) is 12.3. The van der Waals surface area contributed by atoms with Crippen LogP contribution in [-0.2, 0) is 9.53 Å². The largest absolute Gasteiger partial charge is 0.457 e. The zero-order chi connectivity index (χ0) is 17.5. The van der Waals surface area contributed by atoms with Gasteiger partial charge in [0.25, 0.3) is 0 Å². The summed E-state index contributed by atoms with van der Waals surface area (Å²) in [5.74, 6) is -0.631. The highest BCUT2D eigenvalue weighted by Gasteiger charge is 2.26. The summed E-state index contributed by atoms with van der Waals surface area (Å²) in [6, 6.07) is 29.5. The van der Waals surface area contributed by atoms with Gasteiger partial charge < -0.3 is 4.74 Å². The van der Waals surface area contributed by atoms with Gasteiger partial charge in [0.15, 0.2) is 0 Å². The zero-order valence-electron chi connectivity index (χ0n) is 14.3. The molecule has 0 saturated heterocycles. The third-order valence-corrected chi connectivity index (χ3v) is 4.30. The molecule has 0 spiro atoms. The Kier molecular flexibility index (Phi) is 5.63. The van der Waals surface area contributed by atoms with Crippen molar-refractivity contribution >= 4 is 5.97 Å². The molecule has 0 radical (unpaired) electrons. The lowest BCUT2D eigenvalue weighted by Gasteiger charge is -2.22. The third kappa shape index (κ3) is 4.16. The summed E-state index contributed by atoms with van der Waals surface area (Å²) in [6.45, 7) is 2.03. The van der Waals surface area contributed by atoms with E-state index in [1.165, 1.54) is 0 Å². The monoisotopic (exact) mass is 330 g/mol. The van der Waals surface area contributed by atoms with E-state index in [0.717, 1.165) is 23.1 Å². The summed E-state index contributed by atoms with van der Waals surface area (Å²) >= 11 is 0. The maximum atomic E-state index is 13.1. The Balaban J connectivity index is 1.89. The van der Waals surface area contributed by atoms with Crippen LogP contribution in [-0.4, -0.2) is 5.97 Å². The Morgan fingerprint density at radius 2 is 1.12 bits per heavy atom. The summed E-state index contributed by atoms with van der Waals surface area (Å²) in [7, 11) is 0. The van der Waals surface area contributed by atoms with Gasteiger partial charge in [-0.1, -0.05) is 97.9 Å². The van der Waals surface area contributed by atoms with Crippen LogP contribution in [0.2, 0.25) is 0 Å². The maximum Gasteiger partial charge on any atom is 0.318 e. The first kappa shape index (κ1) is 17.0. The van der Waals surface area contributed by atoms with Gasteiger partial charge in [-0.05, 0) is 23.1 Å². The minimum absolute atomic E-state index is 0.215. The van der Waals surface area contributed by atoms with Crippen molar-refractivity contribution in [3.8, 4) is 0 Å². The standard InChI is InChI=1S/C23H22O2/c1-2-21(18-12-6-3-7-13-18)25-23(24)22(19-14-8-4-9-15-19)20-16-10-5-11-17-20/h3-17,21-22H,2H2,1H3/t21-/m0/s1. The van der Waals surface area contributed by atoms with Crippen LogP contribution < -0.4 is 0 Å². The molecule has 0 fully saturated rings. The molecule has 2 nitrogen and oxygen atoms in total. The Bertz CT molecular complexity index is 743. The highest BCUT2D eigenvalue weighted by molar-refractivity contribution is 5.82. The second-order valence-corrected chi connectivity index (χ2v) is 6.00. The summed E-state index contributed by atoms with van der Waals surface area (Å²) in [4.78, 5) is 13.1. The van der Waals surface area contributed by atoms with Crippen molar-refractivity contribution < 1.29 is 9.53 Å². The van der Waals surface area contributed by atoms with Crippen molar-refractivity contribution in [1.29, 1.82) is 0 Å². The Morgan fingerprint density at radius 1 is 0.720 bits per heavy atom. The van der Waals surface area contributed by atoms with Gasteiger partial charge in [-0.2, -0.15) is 0 Å². The molecule has 0 heterocycles. The van der Waals surface area contributed by atoms with E-state index < -0.39 is 5.92 Å². The van der Waals surface area contributed by atoms with E-state index in [1.807, 2.05) is 97.9 Å². The van der Waals surface area contributed by atoms with Crippen LogP contribution >= 0.6 is 0 Å². The van der Waals surface area contributed by atoms with Crippen LogP contribution in [0.5, 0.6) is 0 Å². The van der Waals surface area contributed by atoms with Crippen molar-refractivity contribution in [2.75, 3.05) is 0 Å². The fourth-order valence-electron chi connectivity index (χ4n) is 3.02. The van der Waals surface area contributed by atoms with Crippen molar-refractivity contribution in [1.82, 2.24) is 0 Å². The molecule has 0 aliphatic heterocycles. The molecule has 1 atom stereocenters. The SMILES string of the molecule is CC[C@H](OC(=O)C(c1ccccc1)c1ccccc1)c1ccccc1. The average molecular weight is 330 g/mol. The highest BCUT2D eigenvalue weighted by atomic mass is 16.5. The predicted octanol–water partition coefficient (Wildman–Crippen LogP) is 5.51. The smallest absolute Gasteiger partial charge is 0.318 e. The van der Waals surface area contributed by atoms with Crippen LogP contribution in [0, 0.1) is 0 Å². The topological polar surface area (TPSA) is 26.3 Å². The van der Waals surface area contributed by atoms with Crippen LogP contribution in [0.1, 0.15) is 42.1 Å². The molecule has 0 N–H and O–H groups in total. The quantitative estimate of drug-likeness (QED) is 0.557. The minimum Gasteiger partial charge on any atom is -0.457 e. The number of carbonyl (C=O) groups is 1. The molecule has 3 aromatic rings. The maximum absolute atomic E-state index is 13.1. The molecular formula is C23H22O2. The molecule has 3 rings (SSSR count). The van der Waals surface area contributed by atoms with Gasteiger partial charge >= 0.3 is 5.97 Å². The molecular weight excluding hydrogens is 308 g/mol. The number of benzene rings is 3. The van der Waals surface area contributed by atoms with Gasteiger partial charge in [0.05, 0.1) is 0 Å². The van der Waals surface area contributed by atoms with E-state index in [-0.39, 0.29) is 12.1 Å². The van der Waals surface area contributed by atoms with Crippen molar-refractivity contribution in [3.05, 3.63) is 108 Å². The molecule has 0 unspecified atom stereocenters. The fourth-order valence-corrected chi connectivity index (χ4v) is 3.02. The fraction of sp³-hybridized carbons (Fsp3) is 0.174. The molecule has 0 bridgehead atoms. The lowest BCUT2D eigenvalue weighted by atomic mass is 9.91. The Labute approximate surface area is 149 Å². The highest BCUT2D eigenvalue weighted by Crippen LogP contribution is 2.30. The van der Waals surface area contributed by atoms with E-state index in [2.05, 4.69) is 0 Å². The van der Waals surface area contributed by atoms with E-state index >= 15 is 0 Å². The number of hydrogen-bond acceptors (Lipinski definition) is 2. The van der Waals surface area contributed by atoms with Crippen molar-refractivity contribution in [3.63, 3.8) is 0 Å². The minimum atomic E-state index is -0.417. The van der Waals surface area contributed by atoms with E-state index in [4.69, 9.17) is 4.74 Å². The molecule has 0 aromatic heterocycles. The van der Waals surface area contributed by atoms with Crippen LogP contribution in [0.25, 0.3) is 0 Å². The molecule has 0 amide bonds. The van der Waals surface area contributed by atoms with Crippen LogP contribution in [0.15, 0.2) is 91.0 Å². The number of carbonyl (C=O) groups excluding carboxylic acids is 1. The van der Waals surface area contributed by atoms with E-state index in [0.29, 0.717) is 0 Å². The Hall–Kier alpha value is -2.87. The lowest BCUT2D eigenvalue weighted by molar-refractivity contribution is -0.150. The first-order valence-electron chi connectivity index (χ1n) is 8.65. The molecule has 3 aromatic carbocycles. The van der Waals surface area contributed by atoms with Gasteiger partial charge in [-0.3, -0.25) is 4.79 Å². The summed E-state index contributed by atoms with van der Waals surface area (Å²) < 4.78 is 5.92. The van der Waals surface area contributed by atoms with Gasteiger partial charge in [0, 0.05) is 0 Å². The molecule has 2 heteroatoms. The molecule has 0 saturated carbocycles.